The van der Waals surface area contributed by atoms with Crippen LogP contribution < -0.4 is 0 Å². The Hall–Kier alpha value is -1.26. The smallest absolute Gasteiger partial charge is 0.226 e. The number of likely N-dealkylation sites (N-methyl/N-ethyl adjacent to an activating group) is 1. The van der Waals surface area contributed by atoms with Crippen molar-refractivity contribution in [3.63, 3.8) is 0 Å². The summed E-state index contributed by atoms with van der Waals surface area (Å²) < 4.78 is 4.91. The number of para-hydroxylation sites is 1. The number of carbonyl (C=O) groups excluding carboxylic acids is 1. The van der Waals surface area contributed by atoms with Gasteiger partial charge in [-0.25, -0.2) is 0 Å². The quantitative estimate of drug-likeness (QED) is 0.801. The van der Waals surface area contributed by atoms with E-state index >= 15 is 0 Å². The van der Waals surface area contributed by atoms with Gasteiger partial charge >= 0.3 is 0 Å². The Balaban J connectivity index is 2.52. The van der Waals surface area contributed by atoms with E-state index in [1.54, 1.807) is 43.3 Å². The van der Waals surface area contributed by atoms with Gasteiger partial charge < -0.3 is 14.7 Å². The monoisotopic (exact) mass is 271 g/mol. The van der Waals surface area contributed by atoms with Gasteiger partial charge in [0.15, 0.2) is 0 Å². The van der Waals surface area contributed by atoms with Crippen LogP contribution in [0.2, 0.25) is 0 Å². The molecule has 1 aromatic rings. The molecular weight excluding hydrogens is 254 g/mol. The van der Waals surface area contributed by atoms with Crippen molar-refractivity contribution in [2.75, 3.05) is 27.3 Å². The zero-order valence-corrected chi connectivity index (χ0v) is 11.4. The molecule has 0 aliphatic rings. The number of phenols is 1. The highest BCUT2D eigenvalue weighted by molar-refractivity contribution is 6.21. The fourth-order valence-electron chi connectivity index (χ4n) is 1.59. The first-order chi connectivity index (χ1) is 8.54. The Labute approximate surface area is 112 Å². The van der Waals surface area contributed by atoms with Crippen LogP contribution in [0.4, 0.5) is 0 Å². The summed E-state index contributed by atoms with van der Waals surface area (Å²) in [7, 11) is 3.26. The molecule has 18 heavy (non-hydrogen) atoms. The molecule has 0 bridgehead atoms. The summed E-state index contributed by atoms with van der Waals surface area (Å²) in [5, 5.41) is 9.36. The number of alkyl halides is 1. The third-order valence-electron chi connectivity index (χ3n) is 2.58. The molecule has 0 saturated heterocycles. The number of ether oxygens (including phenoxy) is 1. The second-order valence-electron chi connectivity index (χ2n) is 4.13. The first kappa shape index (κ1) is 14.8. The van der Waals surface area contributed by atoms with Crippen molar-refractivity contribution in [3.8, 4) is 5.75 Å². The highest BCUT2D eigenvalue weighted by Crippen LogP contribution is 2.16. The number of rotatable bonds is 6. The molecule has 0 aromatic heterocycles. The molecule has 0 saturated carbocycles. The Morgan fingerprint density at radius 2 is 2.17 bits per heavy atom. The summed E-state index contributed by atoms with van der Waals surface area (Å²) in [6.45, 7) is 0.817. The maximum Gasteiger partial charge on any atom is 0.226 e. The van der Waals surface area contributed by atoms with Gasteiger partial charge in [-0.1, -0.05) is 18.2 Å². The van der Waals surface area contributed by atoms with Crippen molar-refractivity contribution < 1.29 is 14.6 Å². The SMILES string of the molecule is COCC(Cl)CN(C)C(=O)Cc1ccccc1O. The Bertz CT molecular complexity index is 398. The number of benzene rings is 1. The summed E-state index contributed by atoms with van der Waals surface area (Å²) in [6, 6.07) is 6.81. The molecule has 0 aliphatic carbocycles. The van der Waals surface area contributed by atoms with Gasteiger partial charge in [0.2, 0.25) is 5.91 Å². The fraction of sp³-hybridized carbons (Fsp3) is 0.462. The van der Waals surface area contributed by atoms with E-state index in [2.05, 4.69) is 0 Å². The number of hydrogen-bond donors (Lipinski definition) is 1. The lowest BCUT2D eigenvalue weighted by atomic mass is 10.1. The second kappa shape index (κ2) is 7.24. The average molecular weight is 272 g/mol. The van der Waals surface area contributed by atoms with Crippen LogP contribution in [0.15, 0.2) is 24.3 Å². The molecule has 0 radical (unpaired) electrons. The number of carbonyl (C=O) groups is 1. The van der Waals surface area contributed by atoms with E-state index in [0.717, 1.165) is 0 Å². The number of nitrogens with zero attached hydrogens (tertiary/aromatic N) is 1. The van der Waals surface area contributed by atoms with Crippen molar-refractivity contribution in [2.24, 2.45) is 0 Å². The molecule has 1 amide bonds. The van der Waals surface area contributed by atoms with E-state index in [0.29, 0.717) is 18.7 Å². The number of halogens is 1. The Morgan fingerprint density at radius 1 is 1.50 bits per heavy atom. The van der Waals surface area contributed by atoms with E-state index in [4.69, 9.17) is 16.3 Å². The Morgan fingerprint density at radius 3 is 2.78 bits per heavy atom. The van der Waals surface area contributed by atoms with Gasteiger partial charge in [0.1, 0.15) is 5.75 Å². The van der Waals surface area contributed by atoms with Gasteiger partial charge in [-0.3, -0.25) is 4.79 Å². The van der Waals surface area contributed by atoms with Crippen molar-refractivity contribution in [3.05, 3.63) is 29.8 Å². The van der Waals surface area contributed by atoms with Crippen LogP contribution in [-0.2, 0) is 16.0 Å². The third-order valence-corrected chi connectivity index (χ3v) is 2.84. The number of phenolic OH excluding ortho intramolecular Hbond substituents is 1. The van der Waals surface area contributed by atoms with Gasteiger partial charge in [0.25, 0.3) is 0 Å². The zero-order chi connectivity index (χ0) is 13.5. The molecule has 4 nitrogen and oxygen atoms in total. The van der Waals surface area contributed by atoms with Crippen LogP contribution in [0.5, 0.6) is 5.75 Å². The lowest BCUT2D eigenvalue weighted by Crippen LogP contribution is -2.34. The van der Waals surface area contributed by atoms with Crippen LogP contribution >= 0.6 is 11.6 Å². The summed E-state index contributed by atoms with van der Waals surface area (Å²) in [5.74, 6) is 0.0526. The van der Waals surface area contributed by atoms with Crippen molar-refractivity contribution in [1.82, 2.24) is 4.90 Å². The van der Waals surface area contributed by atoms with Gasteiger partial charge in [-0.15, -0.1) is 11.6 Å². The van der Waals surface area contributed by atoms with Gasteiger partial charge in [0.05, 0.1) is 18.4 Å². The topological polar surface area (TPSA) is 49.8 Å². The number of methoxy groups -OCH3 is 1. The molecule has 1 atom stereocenters. The Kier molecular flexibility index (Phi) is 5.95. The summed E-state index contributed by atoms with van der Waals surface area (Å²) in [5.41, 5.74) is 0.618. The van der Waals surface area contributed by atoms with Gasteiger partial charge in [0, 0.05) is 26.3 Å². The zero-order valence-electron chi connectivity index (χ0n) is 10.6. The van der Waals surface area contributed by atoms with Crippen molar-refractivity contribution >= 4 is 17.5 Å². The van der Waals surface area contributed by atoms with E-state index in [-0.39, 0.29) is 23.5 Å². The number of amides is 1. The van der Waals surface area contributed by atoms with E-state index in [9.17, 15) is 9.90 Å². The first-order valence-electron chi connectivity index (χ1n) is 5.68. The highest BCUT2D eigenvalue weighted by atomic mass is 35.5. The molecule has 1 rings (SSSR count). The molecule has 0 fully saturated rings. The maximum absolute atomic E-state index is 11.9. The number of aromatic hydroxyl groups is 1. The maximum atomic E-state index is 11.9. The standard InChI is InChI=1S/C13H18ClNO3/c1-15(8-11(14)9-18-2)13(17)7-10-5-3-4-6-12(10)16/h3-6,11,16H,7-9H2,1-2H3. The lowest BCUT2D eigenvalue weighted by molar-refractivity contribution is -0.129. The molecule has 100 valence electrons. The minimum absolute atomic E-state index is 0.0850. The van der Waals surface area contributed by atoms with Crippen molar-refractivity contribution in [2.45, 2.75) is 11.8 Å². The molecule has 5 heteroatoms. The van der Waals surface area contributed by atoms with Crippen molar-refractivity contribution in [1.29, 1.82) is 0 Å². The van der Waals surface area contributed by atoms with Crippen LogP contribution in [0.3, 0.4) is 0 Å². The lowest BCUT2D eigenvalue weighted by Gasteiger charge is -2.20. The van der Waals surface area contributed by atoms with Gasteiger partial charge in [-0.2, -0.15) is 0 Å². The second-order valence-corrected chi connectivity index (χ2v) is 4.75. The first-order valence-corrected chi connectivity index (χ1v) is 6.12. The normalized spacial score (nSPS) is 12.2. The van der Waals surface area contributed by atoms with Crippen LogP contribution in [-0.4, -0.2) is 48.6 Å². The van der Waals surface area contributed by atoms with E-state index in [1.165, 1.54) is 0 Å². The minimum Gasteiger partial charge on any atom is -0.508 e. The van der Waals surface area contributed by atoms with E-state index in [1.807, 2.05) is 0 Å². The summed E-state index contributed by atoms with van der Waals surface area (Å²) in [4.78, 5) is 13.5. The minimum atomic E-state index is -0.228. The highest BCUT2D eigenvalue weighted by Gasteiger charge is 2.15. The predicted molar refractivity (Wildman–Crippen MR) is 71.0 cm³/mol. The molecule has 0 aliphatic heterocycles. The van der Waals surface area contributed by atoms with Crippen LogP contribution in [0.1, 0.15) is 5.56 Å². The molecular formula is C13H18ClNO3. The average Bonchev–Trinajstić information content (AvgIpc) is 2.32. The van der Waals surface area contributed by atoms with Crippen LogP contribution in [0, 0.1) is 0 Å². The van der Waals surface area contributed by atoms with Gasteiger partial charge in [-0.05, 0) is 6.07 Å². The molecule has 1 unspecified atom stereocenters. The summed E-state index contributed by atoms with van der Waals surface area (Å²) in [6.07, 6.45) is 0.166. The fourth-order valence-corrected chi connectivity index (χ4v) is 1.92. The predicted octanol–water partition coefficient (Wildman–Crippen LogP) is 1.65. The molecule has 1 N–H and O–H groups in total. The van der Waals surface area contributed by atoms with Crippen LogP contribution in [0.25, 0.3) is 0 Å². The molecule has 0 heterocycles. The molecule has 0 spiro atoms. The third kappa shape index (κ3) is 4.55. The van der Waals surface area contributed by atoms with E-state index < -0.39 is 0 Å². The molecule has 1 aromatic carbocycles. The largest absolute Gasteiger partial charge is 0.508 e. The summed E-state index contributed by atoms with van der Waals surface area (Å²) >= 11 is 5.99. The number of hydrogen-bond acceptors (Lipinski definition) is 3.